The van der Waals surface area contributed by atoms with Crippen molar-refractivity contribution in [2.45, 2.75) is 38.1 Å². The fourth-order valence-electron chi connectivity index (χ4n) is 1.97. The zero-order chi connectivity index (χ0) is 16.0. The zero-order valence-corrected chi connectivity index (χ0v) is 13.4. The van der Waals surface area contributed by atoms with E-state index in [1.807, 2.05) is 13.8 Å². The molecule has 1 rings (SSSR count). The molecule has 0 aliphatic heterocycles. The second-order valence-electron chi connectivity index (χ2n) is 5.39. The van der Waals surface area contributed by atoms with Crippen LogP contribution in [0, 0.1) is 5.92 Å². The molecule has 1 aromatic rings. The molecule has 0 spiro atoms. The van der Waals surface area contributed by atoms with Crippen LogP contribution >= 0.6 is 0 Å². The summed E-state index contributed by atoms with van der Waals surface area (Å²) in [5.41, 5.74) is 6.17. The number of hydrogen-bond donors (Lipinski definition) is 3. The molecule has 6 nitrogen and oxygen atoms in total. The van der Waals surface area contributed by atoms with Crippen LogP contribution in [0.25, 0.3) is 0 Å². The lowest BCUT2D eigenvalue weighted by molar-refractivity contribution is -0.114. The Kier molecular flexibility index (Phi) is 6.32. The van der Waals surface area contributed by atoms with Crippen LogP contribution in [0.5, 0.6) is 0 Å². The van der Waals surface area contributed by atoms with Gasteiger partial charge in [-0.1, -0.05) is 13.8 Å². The highest BCUT2D eigenvalue weighted by molar-refractivity contribution is 7.89. The molecule has 4 N–H and O–H groups in total. The number of amides is 1. The zero-order valence-electron chi connectivity index (χ0n) is 12.6. The number of sulfonamides is 1. The highest BCUT2D eigenvalue weighted by Crippen LogP contribution is 2.15. The monoisotopic (exact) mass is 313 g/mol. The molecule has 0 saturated carbocycles. The molecule has 0 fully saturated rings. The third-order valence-electron chi connectivity index (χ3n) is 2.85. The molecule has 1 atom stereocenters. The minimum Gasteiger partial charge on any atom is -0.329 e. The van der Waals surface area contributed by atoms with E-state index in [0.717, 1.165) is 0 Å². The Labute approximate surface area is 126 Å². The summed E-state index contributed by atoms with van der Waals surface area (Å²) in [6.45, 7) is 5.67. The second kappa shape index (κ2) is 7.53. The van der Waals surface area contributed by atoms with Crippen molar-refractivity contribution in [3.05, 3.63) is 24.3 Å². The van der Waals surface area contributed by atoms with Crippen LogP contribution in [-0.2, 0) is 14.8 Å². The first kappa shape index (κ1) is 17.6. The number of benzene rings is 1. The summed E-state index contributed by atoms with van der Waals surface area (Å²) < 4.78 is 27.1. The first-order chi connectivity index (χ1) is 9.74. The molecule has 7 heteroatoms. The van der Waals surface area contributed by atoms with E-state index in [0.29, 0.717) is 18.0 Å². The van der Waals surface area contributed by atoms with Crippen LogP contribution in [0.2, 0.25) is 0 Å². The molecule has 0 aromatic heterocycles. The van der Waals surface area contributed by atoms with E-state index in [-0.39, 0.29) is 23.4 Å². The van der Waals surface area contributed by atoms with Gasteiger partial charge in [-0.3, -0.25) is 4.79 Å². The average Bonchev–Trinajstić information content (AvgIpc) is 2.37. The van der Waals surface area contributed by atoms with E-state index in [2.05, 4.69) is 10.0 Å². The maximum atomic E-state index is 12.3. The number of anilines is 1. The van der Waals surface area contributed by atoms with Gasteiger partial charge in [0.1, 0.15) is 0 Å². The Bertz CT molecular complexity index is 568. The van der Waals surface area contributed by atoms with Crippen LogP contribution in [0.3, 0.4) is 0 Å². The maximum Gasteiger partial charge on any atom is 0.240 e. The van der Waals surface area contributed by atoms with Crippen molar-refractivity contribution in [1.82, 2.24) is 4.72 Å². The molecule has 0 radical (unpaired) electrons. The summed E-state index contributed by atoms with van der Waals surface area (Å²) in [6, 6.07) is 5.73. The van der Waals surface area contributed by atoms with Crippen molar-refractivity contribution in [3.63, 3.8) is 0 Å². The van der Waals surface area contributed by atoms with E-state index in [1.165, 1.54) is 19.1 Å². The molecule has 0 aliphatic rings. The molecular formula is C14H23N3O3S. The van der Waals surface area contributed by atoms with Crippen LogP contribution in [0.4, 0.5) is 5.69 Å². The van der Waals surface area contributed by atoms with E-state index < -0.39 is 10.0 Å². The normalized spacial score (nSPS) is 13.2. The van der Waals surface area contributed by atoms with Crippen LogP contribution in [0.15, 0.2) is 29.2 Å². The Morgan fingerprint density at radius 1 is 1.24 bits per heavy atom. The highest BCUT2D eigenvalue weighted by atomic mass is 32.2. The minimum atomic E-state index is -3.61. The lowest BCUT2D eigenvalue weighted by Gasteiger charge is -2.19. The van der Waals surface area contributed by atoms with Gasteiger partial charge in [-0.05, 0) is 36.6 Å². The van der Waals surface area contributed by atoms with Crippen LogP contribution < -0.4 is 15.8 Å². The van der Waals surface area contributed by atoms with Crippen LogP contribution in [-0.4, -0.2) is 26.9 Å². The summed E-state index contributed by atoms with van der Waals surface area (Å²) in [6.07, 6.45) is 0.680. The SMILES string of the molecule is CC(=O)Nc1ccc(S(=O)(=O)NC(CN)CC(C)C)cc1. The Hall–Kier alpha value is -1.44. The summed E-state index contributed by atoms with van der Waals surface area (Å²) >= 11 is 0. The summed E-state index contributed by atoms with van der Waals surface area (Å²) in [7, 11) is -3.61. The molecule has 0 aliphatic carbocycles. The number of carbonyl (C=O) groups is 1. The number of nitrogens with one attached hydrogen (secondary N) is 2. The minimum absolute atomic E-state index is 0.152. The van der Waals surface area contributed by atoms with E-state index in [1.54, 1.807) is 12.1 Å². The summed E-state index contributed by atoms with van der Waals surface area (Å²) in [4.78, 5) is 11.1. The van der Waals surface area contributed by atoms with Crippen molar-refractivity contribution in [2.75, 3.05) is 11.9 Å². The Morgan fingerprint density at radius 2 is 1.81 bits per heavy atom. The summed E-state index contributed by atoms with van der Waals surface area (Å²) in [5, 5.41) is 2.59. The van der Waals surface area contributed by atoms with Gasteiger partial charge in [0.05, 0.1) is 4.90 Å². The molecule has 0 heterocycles. The van der Waals surface area contributed by atoms with Gasteiger partial charge in [0, 0.05) is 25.2 Å². The third-order valence-corrected chi connectivity index (χ3v) is 4.38. The molecule has 1 aromatic carbocycles. The van der Waals surface area contributed by atoms with Crippen molar-refractivity contribution >= 4 is 21.6 Å². The molecule has 0 bridgehead atoms. The fraction of sp³-hybridized carbons (Fsp3) is 0.500. The van der Waals surface area contributed by atoms with E-state index >= 15 is 0 Å². The first-order valence-electron chi connectivity index (χ1n) is 6.84. The van der Waals surface area contributed by atoms with E-state index in [4.69, 9.17) is 5.73 Å². The van der Waals surface area contributed by atoms with Gasteiger partial charge in [0.25, 0.3) is 0 Å². The smallest absolute Gasteiger partial charge is 0.240 e. The highest BCUT2D eigenvalue weighted by Gasteiger charge is 2.19. The third kappa shape index (κ3) is 5.82. The van der Waals surface area contributed by atoms with Crippen molar-refractivity contribution in [1.29, 1.82) is 0 Å². The fourth-order valence-corrected chi connectivity index (χ4v) is 3.23. The molecule has 21 heavy (non-hydrogen) atoms. The molecule has 0 saturated heterocycles. The van der Waals surface area contributed by atoms with Gasteiger partial charge in [-0.15, -0.1) is 0 Å². The van der Waals surface area contributed by atoms with Crippen molar-refractivity contribution in [2.24, 2.45) is 11.7 Å². The average molecular weight is 313 g/mol. The molecule has 1 amide bonds. The number of carbonyl (C=O) groups excluding carboxylic acids is 1. The summed E-state index contributed by atoms with van der Waals surface area (Å²) in [5.74, 6) is 0.146. The lowest BCUT2D eigenvalue weighted by Crippen LogP contribution is -2.40. The van der Waals surface area contributed by atoms with Crippen molar-refractivity contribution in [3.8, 4) is 0 Å². The van der Waals surface area contributed by atoms with Gasteiger partial charge in [0.15, 0.2) is 0 Å². The maximum absolute atomic E-state index is 12.3. The van der Waals surface area contributed by atoms with Gasteiger partial charge in [0.2, 0.25) is 15.9 Å². The largest absolute Gasteiger partial charge is 0.329 e. The van der Waals surface area contributed by atoms with Gasteiger partial charge in [-0.25, -0.2) is 13.1 Å². The van der Waals surface area contributed by atoms with Gasteiger partial charge < -0.3 is 11.1 Å². The molecule has 1 unspecified atom stereocenters. The lowest BCUT2D eigenvalue weighted by atomic mass is 10.1. The number of hydrogen-bond acceptors (Lipinski definition) is 4. The standard InChI is InChI=1S/C14H23N3O3S/c1-10(2)8-13(9-15)17-21(19,20)14-6-4-12(5-7-14)16-11(3)18/h4-7,10,13,17H,8-9,15H2,1-3H3,(H,16,18). The van der Waals surface area contributed by atoms with Crippen molar-refractivity contribution < 1.29 is 13.2 Å². The topological polar surface area (TPSA) is 101 Å². The van der Waals surface area contributed by atoms with Crippen LogP contribution in [0.1, 0.15) is 27.2 Å². The molecular weight excluding hydrogens is 290 g/mol. The Balaban J connectivity index is 2.84. The quantitative estimate of drug-likeness (QED) is 0.706. The first-order valence-corrected chi connectivity index (χ1v) is 8.33. The van der Waals surface area contributed by atoms with Gasteiger partial charge in [-0.2, -0.15) is 0 Å². The van der Waals surface area contributed by atoms with Gasteiger partial charge >= 0.3 is 0 Å². The molecule has 118 valence electrons. The number of nitrogens with two attached hydrogens (primary N) is 1. The predicted molar refractivity (Wildman–Crippen MR) is 83.4 cm³/mol. The number of rotatable bonds is 7. The van der Waals surface area contributed by atoms with E-state index in [9.17, 15) is 13.2 Å². The second-order valence-corrected chi connectivity index (χ2v) is 7.10. The Morgan fingerprint density at radius 3 is 2.24 bits per heavy atom. The predicted octanol–water partition coefficient (Wildman–Crippen LogP) is 1.30.